The van der Waals surface area contributed by atoms with Crippen molar-refractivity contribution in [2.24, 2.45) is 0 Å². The van der Waals surface area contributed by atoms with Gasteiger partial charge in [0.25, 0.3) is 0 Å². The number of nitrogens with one attached hydrogen (secondary N) is 1. The average molecular weight is 539 g/mol. The Morgan fingerprint density at radius 1 is 1.03 bits per heavy atom. The molecule has 0 unspecified atom stereocenters. The predicted molar refractivity (Wildman–Crippen MR) is 136 cm³/mol. The molecule has 2 aromatic carbocycles. The largest absolute Gasteiger partial charge is 0.350 e. The standard InChI is InChI=1S/C24H32BrN3O4S/c1-18(23(30)26-24(2,3)4)27(16-15-19-9-7-6-8-10-19)22(29)17-28(33(5,31)32)21-13-11-20(25)12-14-21/h6-14,18H,15-17H2,1-5H3,(H,26,30)/t18-/m0/s1. The number of amides is 2. The van der Waals surface area contributed by atoms with Crippen LogP contribution in [0.4, 0.5) is 5.69 Å². The maximum atomic E-state index is 13.4. The molecule has 2 aromatic rings. The fourth-order valence-corrected chi connectivity index (χ4v) is 4.38. The zero-order valence-corrected chi connectivity index (χ0v) is 22.1. The Kier molecular flexibility index (Phi) is 9.08. The first kappa shape index (κ1) is 26.9. The number of nitrogens with zero attached hydrogens (tertiary/aromatic N) is 2. The van der Waals surface area contributed by atoms with E-state index in [2.05, 4.69) is 21.2 Å². The van der Waals surface area contributed by atoms with E-state index in [0.717, 1.165) is 20.6 Å². The summed E-state index contributed by atoms with van der Waals surface area (Å²) < 4.78 is 26.9. The van der Waals surface area contributed by atoms with Gasteiger partial charge in [0.2, 0.25) is 21.8 Å². The maximum Gasteiger partial charge on any atom is 0.244 e. The summed E-state index contributed by atoms with van der Waals surface area (Å²) in [5.74, 6) is -0.741. The van der Waals surface area contributed by atoms with Crippen LogP contribution >= 0.6 is 15.9 Å². The number of hydrogen-bond donors (Lipinski definition) is 1. The summed E-state index contributed by atoms with van der Waals surface area (Å²) in [6.07, 6.45) is 1.60. The number of carbonyl (C=O) groups excluding carboxylic acids is 2. The molecule has 0 saturated carbocycles. The molecule has 7 nitrogen and oxygen atoms in total. The van der Waals surface area contributed by atoms with Crippen molar-refractivity contribution in [2.45, 2.75) is 45.7 Å². The van der Waals surface area contributed by atoms with Crippen LogP contribution in [0.25, 0.3) is 0 Å². The lowest BCUT2D eigenvalue weighted by atomic mass is 10.1. The number of hydrogen-bond acceptors (Lipinski definition) is 4. The summed E-state index contributed by atoms with van der Waals surface area (Å²) in [5, 5.41) is 2.90. The van der Waals surface area contributed by atoms with Crippen LogP contribution in [0.1, 0.15) is 33.3 Å². The summed E-state index contributed by atoms with van der Waals surface area (Å²) in [6.45, 7) is 7.14. The summed E-state index contributed by atoms with van der Waals surface area (Å²) in [6, 6.07) is 15.5. The van der Waals surface area contributed by atoms with Crippen LogP contribution in [0.2, 0.25) is 0 Å². The first-order valence-electron chi connectivity index (χ1n) is 10.7. The predicted octanol–water partition coefficient (Wildman–Crippen LogP) is 3.59. The van der Waals surface area contributed by atoms with Gasteiger partial charge in [-0.1, -0.05) is 46.3 Å². The van der Waals surface area contributed by atoms with Gasteiger partial charge in [-0.15, -0.1) is 0 Å². The van der Waals surface area contributed by atoms with E-state index < -0.39 is 34.1 Å². The van der Waals surface area contributed by atoms with Gasteiger partial charge in [0.05, 0.1) is 11.9 Å². The maximum absolute atomic E-state index is 13.4. The Labute approximate surface area is 205 Å². The number of rotatable bonds is 9. The third-order valence-electron chi connectivity index (χ3n) is 4.94. The van der Waals surface area contributed by atoms with Gasteiger partial charge in [-0.25, -0.2) is 8.42 Å². The first-order chi connectivity index (χ1) is 15.3. The van der Waals surface area contributed by atoms with Gasteiger partial charge in [-0.2, -0.15) is 0 Å². The van der Waals surface area contributed by atoms with Gasteiger partial charge < -0.3 is 10.2 Å². The molecule has 1 atom stereocenters. The van der Waals surface area contributed by atoms with Crippen molar-refractivity contribution in [2.75, 3.05) is 23.7 Å². The highest BCUT2D eigenvalue weighted by Crippen LogP contribution is 2.21. The molecule has 0 aliphatic rings. The third kappa shape index (κ3) is 8.47. The highest BCUT2D eigenvalue weighted by Gasteiger charge is 2.31. The lowest BCUT2D eigenvalue weighted by Gasteiger charge is -2.33. The third-order valence-corrected chi connectivity index (χ3v) is 6.61. The topological polar surface area (TPSA) is 86.8 Å². The molecule has 0 spiro atoms. The Morgan fingerprint density at radius 3 is 2.12 bits per heavy atom. The van der Waals surface area contributed by atoms with Gasteiger partial charge in [0.15, 0.2) is 0 Å². The molecule has 0 fully saturated rings. The fourth-order valence-electron chi connectivity index (χ4n) is 3.27. The van der Waals surface area contributed by atoms with Gasteiger partial charge in [-0.3, -0.25) is 13.9 Å². The molecule has 33 heavy (non-hydrogen) atoms. The monoisotopic (exact) mass is 537 g/mol. The Morgan fingerprint density at radius 2 is 1.61 bits per heavy atom. The zero-order chi connectivity index (χ0) is 24.8. The molecular weight excluding hydrogens is 506 g/mol. The molecule has 1 N–H and O–H groups in total. The molecule has 9 heteroatoms. The summed E-state index contributed by atoms with van der Waals surface area (Å²) in [4.78, 5) is 27.7. The number of sulfonamides is 1. The van der Waals surface area contributed by atoms with Crippen molar-refractivity contribution in [3.63, 3.8) is 0 Å². The van der Waals surface area contributed by atoms with Crippen LogP contribution in [0.15, 0.2) is 59.1 Å². The molecule has 2 amide bonds. The van der Waals surface area contributed by atoms with Crippen LogP contribution in [0.5, 0.6) is 0 Å². The summed E-state index contributed by atoms with van der Waals surface area (Å²) in [5.41, 5.74) is 0.936. The molecule has 0 saturated heterocycles. The molecule has 0 aliphatic heterocycles. The van der Waals surface area contributed by atoms with Crippen molar-refractivity contribution in [3.05, 3.63) is 64.6 Å². The normalized spacial score (nSPS) is 12.7. The number of carbonyl (C=O) groups is 2. The van der Waals surface area contributed by atoms with Crippen molar-refractivity contribution in [1.29, 1.82) is 0 Å². The highest BCUT2D eigenvalue weighted by molar-refractivity contribution is 9.10. The Balaban J connectivity index is 2.31. The van der Waals surface area contributed by atoms with Crippen molar-refractivity contribution < 1.29 is 18.0 Å². The molecule has 2 rings (SSSR count). The van der Waals surface area contributed by atoms with E-state index in [1.54, 1.807) is 31.2 Å². The molecule has 0 aromatic heterocycles. The summed E-state index contributed by atoms with van der Waals surface area (Å²) in [7, 11) is -3.73. The second-order valence-corrected chi connectivity index (χ2v) is 11.8. The minimum Gasteiger partial charge on any atom is -0.350 e. The van der Waals surface area contributed by atoms with E-state index >= 15 is 0 Å². The lowest BCUT2D eigenvalue weighted by Crippen LogP contribution is -2.55. The van der Waals surface area contributed by atoms with Gasteiger partial charge in [-0.05, 0) is 63.9 Å². The van der Waals surface area contributed by atoms with E-state index in [1.807, 2.05) is 51.1 Å². The molecule has 0 heterocycles. The zero-order valence-electron chi connectivity index (χ0n) is 19.7. The van der Waals surface area contributed by atoms with Crippen LogP contribution < -0.4 is 9.62 Å². The van der Waals surface area contributed by atoms with Gasteiger partial charge in [0.1, 0.15) is 12.6 Å². The lowest BCUT2D eigenvalue weighted by molar-refractivity contribution is -0.139. The van der Waals surface area contributed by atoms with Crippen molar-refractivity contribution in [3.8, 4) is 0 Å². The van der Waals surface area contributed by atoms with Gasteiger partial charge >= 0.3 is 0 Å². The van der Waals surface area contributed by atoms with E-state index in [1.165, 1.54) is 4.90 Å². The minimum atomic E-state index is -3.73. The summed E-state index contributed by atoms with van der Waals surface area (Å²) >= 11 is 3.33. The van der Waals surface area contributed by atoms with Crippen molar-refractivity contribution in [1.82, 2.24) is 10.2 Å². The molecule has 0 radical (unpaired) electrons. The second-order valence-electron chi connectivity index (χ2n) is 8.98. The number of anilines is 1. The Hall–Kier alpha value is -2.39. The SMILES string of the molecule is C[C@@H](C(=O)NC(C)(C)C)N(CCc1ccccc1)C(=O)CN(c1ccc(Br)cc1)S(C)(=O)=O. The highest BCUT2D eigenvalue weighted by atomic mass is 79.9. The van der Waals surface area contributed by atoms with E-state index in [4.69, 9.17) is 0 Å². The van der Waals surface area contributed by atoms with E-state index in [-0.39, 0.29) is 12.5 Å². The number of halogens is 1. The van der Waals surface area contributed by atoms with Crippen LogP contribution in [-0.2, 0) is 26.0 Å². The number of benzene rings is 2. The first-order valence-corrected chi connectivity index (χ1v) is 13.3. The quantitative estimate of drug-likeness (QED) is 0.529. The second kappa shape index (κ2) is 11.2. The van der Waals surface area contributed by atoms with Crippen molar-refractivity contribution >= 4 is 43.5 Å². The minimum absolute atomic E-state index is 0.277. The molecule has 0 aliphatic carbocycles. The smallest absolute Gasteiger partial charge is 0.244 e. The van der Waals surface area contributed by atoms with E-state index in [0.29, 0.717) is 12.1 Å². The fraction of sp³-hybridized carbons (Fsp3) is 0.417. The molecular formula is C24H32BrN3O4S. The Bertz CT molecular complexity index is 1050. The van der Waals surface area contributed by atoms with Gasteiger partial charge in [0, 0.05) is 16.6 Å². The molecule has 180 valence electrons. The van der Waals surface area contributed by atoms with Crippen LogP contribution in [0.3, 0.4) is 0 Å². The van der Waals surface area contributed by atoms with Crippen LogP contribution in [-0.4, -0.2) is 56.1 Å². The van der Waals surface area contributed by atoms with E-state index in [9.17, 15) is 18.0 Å². The van der Waals surface area contributed by atoms with Crippen LogP contribution in [0, 0.1) is 0 Å². The molecule has 0 bridgehead atoms. The average Bonchev–Trinajstić information content (AvgIpc) is 2.71.